The van der Waals surface area contributed by atoms with Gasteiger partial charge in [-0.2, -0.15) is 0 Å². The van der Waals surface area contributed by atoms with Crippen LogP contribution in [0.4, 0.5) is 16.2 Å². The predicted molar refractivity (Wildman–Crippen MR) is 143 cm³/mol. The minimum atomic E-state index is -1.05. The van der Waals surface area contributed by atoms with E-state index >= 15 is 0 Å². The van der Waals surface area contributed by atoms with Crippen molar-refractivity contribution in [1.82, 2.24) is 15.5 Å². The van der Waals surface area contributed by atoms with Gasteiger partial charge in [0, 0.05) is 31.7 Å². The lowest BCUT2D eigenvalue weighted by Gasteiger charge is -2.30. The van der Waals surface area contributed by atoms with E-state index in [4.69, 9.17) is 4.74 Å². The average molecular weight is 548 g/mol. The van der Waals surface area contributed by atoms with Crippen LogP contribution in [0.5, 0.6) is 0 Å². The standard InChI is InChI=1S/C28H29N5O7/c1-40-27(38)20-14-17(6-8-21(20)32-11-3-2-4-12-32)30-28(39)29-15-16-5-7-18-19(13-16)26(37)33(25(18)36)22-9-10-23(34)31-24(22)35/h5-8,13-14,22H,2-4,9-12,15H2,1H3,(H2,29,30,39)(H,31,34,35). The molecule has 2 aromatic carbocycles. The SMILES string of the molecule is COC(=O)c1cc(NC(=O)NCc2ccc3c(c2)C(=O)N(C2CCC(=O)NC2=O)C3=O)ccc1N1CCCCC1. The number of rotatable bonds is 6. The van der Waals surface area contributed by atoms with Crippen molar-refractivity contribution in [2.24, 2.45) is 0 Å². The predicted octanol–water partition coefficient (Wildman–Crippen LogP) is 2.19. The minimum absolute atomic E-state index is 0.0379. The number of imide groups is 2. The number of fused-ring (bicyclic) bond motifs is 1. The van der Waals surface area contributed by atoms with E-state index in [2.05, 4.69) is 20.9 Å². The van der Waals surface area contributed by atoms with Gasteiger partial charge in [0.2, 0.25) is 11.8 Å². The molecule has 12 heteroatoms. The second-order valence-corrected chi connectivity index (χ2v) is 9.91. The van der Waals surface area contributed by atoms with Gasteiger partial charge in [-0.05, 0) is 61.6 Å². The first-order valence-electron chi connectivity index (χ1n) is 13.1. The van der Waals surface area contributed by atoms with Gasteiger partial charge in [-0.25, -0.2) is 9.59 Å². The quantitative estimate of drug-likeness (QED) is 0.367. The van der Waals surface area contributed by atoms with Crippen molar-refractivity contribution in [3.05, 3.63) is 58.7 Å². The van der Waals surface area contributed by atoms with Gasteiger partial charge in [-0.3, -0.25) is 29.4 Å². The van der Waals surface area contributed by atoms with Crippen LogP contribution in [0.15, 0.2) is 36.4 Å². The van der Waals surface area contributed by atoms with E-state index in [9.17, 15) is 28.8 Å². The van der Waals surface area contributed by atoms with E-state index in [1.165, 1.54) is 19.2 Å². The molecule has 1 atom stereocenters. The van der Waals surface area contributed by atoms with Crippen molar-refractivity contribution in [2.75, 3.05) is 30.4 Å². The summed E-state index contributed by atoms with van der Waals surface area (Å²) in [7, 11) is 1.31. The number of esters is 1. The molecular weight excluding hydrogens is 518 g/mol. The van der Waals surface area contributed by atoms with Gasteiger partial charge in [-0.15, -0.1) is 0 Å². The Hall–Kier alpha value is -4.74. The van der Waals surface area contributed by atoms with Gasteiger partial charge >= 0.3 is 12.0 Å². The Morgan fingerprint density at radius 2 is 1.73 bits per heavy atom. The molecule has 6 amide bonds. The molecule has 0 aromatic heterocycles. The van der Waals surface area contributed by atoms with E-state index in [-0.39, 0.29) is 30.5 Å². The monoisotopic (exact) mass is 547 g/mol. The molecule has 0 aliphatic carbocycles. The van der Waals surface area contributed by atoms with Crippen molar-refractivity contribution in [3.8, 4) is 0 Å². The summed E-state index contributed by atoms with van der Waals surface area (Å²) in [5, 5.41) is 7.58. The number of anilines is 2. The van der Waals surface area contributed by atoms with E-state index in [0.717, 1.165) is 42.9 Å². The number of piperidine rings is 2. The number of hydrogen-bond acceptors (Lipinski definition) is 8. The van der Waals surface area contributed by atoms with Crippen LogP contribution in [0.25, 0.3) is 0 Å². The lowest BCUT2D eigenvalue weighted by atomic mass is 10.0. The van der Waals surface area contributed by atoms with Crippen molar-refractivity contribution in [2.45, 2.75) is 44.7 Å². The zero-order chi connectivity index (χ0) is 28.4. The van der Waals surface area contributed by atoms with Crippen LogP contribution in [0.2, 0.25) is 0 Å². The molecule has 0 spiro atoms. The lowest BCUT2D eigenvalue weighted by Crippen LogP contribution is -2.54. The van der Waals surface area contributed by atoms with Crippen LogP contribution in [-0.4, -0.2) is 66.8 Å². The third-order valence-corrected chi connectivity index (χ3v) is 7.31. The molecule has 5 rings (SSSR count). The molecule has 208 valence electrons. The zero-order valence-corrected chi connectivity index (χ0v) is 22.0. The summed E-state index contributed by atoms with van der Waals surface area (Å²) in [5.41, 5.74) is 2.40. The highest BCUT2D eigenvalue weighted by Gasteiger charge is 2.44. The topological polar surface area (TPSA) is 154 Å². The fraction of sp³-hybridized carbons (Fsp3) is 0.357. The highest BCUT2D eigenvalue weighted by Crippen LogP contribution is 2.29. The highest BCUT2D eigenvalue weighted by molar-refractivity contribution is 6.23. The van der Waals surface area contributed by atoms with Crippen LogP contribution in [-0.2, 0) is 20.9 Å². The maximum atomic E-state index is 13.0. The molecular formula is C28H29N5O7. The first-order chi connectivity index (χ1) is 19.3. The highest BCUT2D eigenvalue weighted by atomic mass is 16.5. The number of amides is 6. The minimum Gasteiger partial charge on any atom is -0.465 e. The Labute approximate surface area is 230 Å². The Morgan fingerprint density at radius 1 is 0.975 bits per heavy atom. The van der Waals surface area contributed by atoms with E-state index in [1.54, 1.807) is 24.3 Å². The summed E-state index contributed by atoms with van der Waals surface area (Å²) in [6, 6.07) is 8.12. The van der Waals surface area contributed by atoms with Crippen molar-refractivity contribution in [1.29, 1.82) is 0 Å². The van der Waals surface area contributed by atoms with E-state index in [1.807, 2.05) is 0 Å². The molecule has 2 saturated heterocycles. The number of nitrogens with one attached hydrogen (secondary N) is 3. The number of hydrogen-bond donors (Lipinski definition) is 3. The van der Waals surface area contributed by atoms with Crippen molar-refractivity contribution >= 4 is 47.0 Å². The first-order valence-corrected chi connectivity index (χ1v) is 13.1. The summed E-state index contributed by atoms with van der Waals surface area (Å²) in [5.74, 6) is -2.83. The number of carbonyl (C=O) groups is 6. The number of benzene rings is 2. The summed E-state index contributed by atoms with van der Waals surface area (Å²) in [4.78, 5) is 77.7. The van der Waals surface area contributed by atoms with Gasteiger partial charge in [0.25, 0.3) is 11.8 Å². The fourth-order valence-electron chi connectivity index (χ4n) is 5.28. The van der Waals surface area contributed by atoms with Crippen molar-refractivity contribution < 1.29 is 33.5 Å². The number of ether oxygens (including phenoxy) is 1. The maximum Gasteiger partial charge on any atom is 0.340 e. The van der Waals surface area contributed by atoms with Gasteiger partial charge in [0.15, 0.2) is 0 Å². The molecule has 3 aliphatic rings. The Kier molecular flexibility index (Phi) is 7.50. The smallest absolute Gasteiger partial charge is 0.340 e. The van der Waals surface area contributed by atoms with Crippen LogP contribution >= 0.6 is 0 Å². The molecule has 0 saturated carbocycles. The summed E-state index contributed by atoms with van der Waals surface area (Å²) < 4.78 is 4.96. The second kappa shape index (κ2) is 11.2. The molecule has 0 bridgehead atoms. The van der Waals surface area contributed by atoms with Gasteiger partial charge in [-0.1, -0.05) is 6.07 Å². The molecule has 12 nitrogen and oxygen atoms in total. The molecule has 3 N–H and O–H groups in total. The van der Waals surface area contributed by atoms with Crippen LogP contribution in [0.1, 0.15) is 68.7 Å². The van der Waals surface area contributed by atoms with Crippen LogP contribution in [0.3, 0.4) is 0 Å². The second-order valence-electron chi connectivity index (χ2n) is 9.91. The third-order valence-electron chi connectivity index (χ3n) is 7.31. The largest absolute Gasteiger partial charge is 0.465 e. The summed E-state index contributed by atoms with van der Waals surface area (Å²) in [6.45, 7) is 1.74. The molecule has 40 heavy (non-hydrogen) atoms. The Morgan fingerprint density at radius 3 is 2.45 bits per heavy atom. The Balaban J connectivity index is 1.24. The molecule has 1 unspecified atom stereocenters. The molecule has 2 aromatic rings. The van der Waals surface area contributed by atoms with Crippen LogP contribution in [0, 0.1) is 0 Å². The Bertz CT molecular complexity index is 1420. The molecule has 0 radical (unpaired) electrons. The normalized spacial score (nSPS) is 18.8. The fourth-order valence-corrected chi connectivity index (χ4v) is 5.28. The molecule has 3 heterocycles. The van der Waals surface area contributed by atoms with Gasteiger partial charge < -0.3 is 20.3 Å². The number of carbonyl (C=O) groups excluding carboxylic acids is 6. The number of methoxy groups -OCH3 is 1. The maximum absolute atomic E-state index is 13.0. The summed E-state index contributed by atoms with van der Waals surface area (Å²) in [6.07, 6.45) is 3.34. The number of urea groups is 1. The zero-order valence-electron chi connectivity index (χ0n) is 22.0. The molecule has 3 aliphatic heterocycles. The van der Waals surface area contributed by atoms with E-state index < -0.39 is 41.7 Å². The third kappa shape index (κ3) is 5.24. The average Bonchev–Trinajstić information content (AvgIpc) is 3.20. The van der Waals surface area contributed by atoms with Gasteiger partial charge in [0.05, 0.1) is 29.5 Å². The van der Waals surface area contributed by atoms with Gasteiger partial charge in [0.1, 0.15) is 6.04 Å². The van der Waals surface area contributed by atoms with Crippen molar-refractivity contribution in [3.63, 3.8) is 0 Å². The van der Waals surface area contributed by atoms with E-state index in [0.29, 0.717) is 16.8 Å². The first kappa shape index (κ1) is 26.9. The number of nitrogens with zero attached hydrogens (tertiary/aromatic N) is 2. The summed E-state index contributed by atoms with van der Waals surface area (Å²) >= 11 is 0. The van der Waals surface area contributed by atoms with Crippen LogP contribution < -0.4 is 20.9 Å². The molecule has 2 fully saturated rings. The lowest BCUT2D eigenvalue weighted by molar-refractivity contribution is -0.136.